The number of thiophene rings is 1. The number of carbonyl (C=O) groups is 1. The topological polar surface area (TPSA) is 59.2 Å². The number of hydrogen-bond acceptors (Lipinski definition) is 5. The van der Waals surface area contributed by atoms with Crippen molar-refractivity contribution in [2.24, 2.45) is 0 Å². The van der Waals surface area contributed by atoms with Gasteiger partial charge >= 0.3 is 0 Å². The van der Waals surface area contributed by atoms with Crippen molar-refractivity contribution >= 4 is 23.3 Å². The van der Waals surface area contributed by atoms with Crippen LogP contribution in [0.4, 0.5) is 0 Å². The van der Waals surface area contributed by atoms with Gasteiger partial charge in [-0.05, 0) is 30.4 Å². The third-order valence-corrected chi connectivity index (χ3v) is 5.40. The molecule has 0 unspecified atom stereocenters. The van der Waals surface area contributed by atoms with E-state index in [1.807, 2.05) is 58.8 Å². The van der Waals surface area contributed by atoms with Crippen LogP contribution < -0.4 is 0 Å². The minimum Gasteiger partial charge on any atom is -0.339 e. The number of carbonyl (C=O) groups excluding carboxylic acids is 1. The lowest BCUT2D eigenvalue weighted by atomic mass is 9.96. The Labute approximate surface area is 156 Å². The lowest BCUT2D eigenvalue weighted by Crippen LogP contribution is -2.36. The quantitative estimate of drug-likeness (QED) is 0.650. The van der Waals surface area contributed by atoms with Crippen molar-refractivity contribution in [2.45, 2.75) is 18.8 Å². The first-order valence-corrected chi connectivity index (χ1v) is 9.57. The summed E-state index contributed by atoms with van der Waals surface area (Å²) in [5, 5.41) is 6.10. The van der Waals surface area contributed by atoms with Gasteiger partial charge in [0.2, 0.25) is 17.6 Å². The number of nitrogens with zero attached hydrogens (tertiary/aromatic N) is 3. The number of piperidine rings is 1. The predicted octanol–water partition coefficient (Wildman–Crippen LogP) is 4.22. The molecule has 0 aliphatic carbocycles. The molecule has 6 heteroatoms. The Hall–Kier alpha value is -2.73. The Bertz CT molecular complexity index is 879. The summed E-state index contributed by atoms with van der Waals surface area (Å²) in [6, 6.07) is 13.8. The van der Waals surface area contributed by atoms with Crippen LogP contribution in [-0.2, 0) is 4.79 Å². The van der Waals surface area contributed by atoms with Crippen LogP contribution in [0.25, 0.3) is 17.5 Å². The van der Waals surface area contributed by atoms with Crippen LogP contribution in [-0.4, -0.2) is 34.0 Å². The molecule has 2 aromatic heterocycles. The SMILES string of the molecule is O=C(C=Cc1cccs1)N1CCC(c2nc(-c3ccccc3)no2)CC1. The smallest absolute Gasteiger partial charge is 0.246 e. The van der Waals surface area contributed by atoms with Gasteiger partial charge in [-0.25, -0.2) is 0 Å². The zero-order chi connectivity index (χ0) is 17.8. The highest BCUT2D eigenvalue weighted by Gasteiger charge is 2.26. The highest BCUT2D eigenvalue weighted by atomic mass is 32.1. The summed E-state index contributed by atoms with van der Waals surface area (Å²) in [7, 11) is 0. The van der Waals surface area contributed by atoms with Gasteiger partial charge in [0.15, 0.2) is 0 Å². The van der Waals surface area contributed by atoms with Gasteiger partial charge in [0.1, 0.15) is 0 Å². The van der Waals surface area contributed by atoms with Crippen molar-refractivity contribution in [1.82, 2.24) is 15.0 Å². The van der Waals surface area contributed by atoms with Crippen LogP contribution in [0.15, 0.2) is 58.4 Å². The van der Waals surface area contributed by atoms with Crippen LogP contribution in [0, 0.1) is 0 Å². The third-order valence-electron chi connectivity index (χ3n) is 4.56. The second-order valence-corrected chi connectivity index (χ2v) is 7.25. The maximum absolute atomic E-state index is 12.3. The molecule has 4 rings (SSSR count). The fourth-order valence-electron chi connectivity index (χ4n) is 3.10. The third kappa shape index (κ3) is 3.75. The summed E-state index contributed by atoms with van der Waals surface area (Å²) in [5.41, 5.74) is 0.953. The van der Waals surface area contributed by atoms with Gasteiger partial charge in [0.05, 0.1) is 0 Å². The van der Waals surface area contributed by atoms with Gasteiger partial charge in [-0.3, -0.25) is 4.79 Å². The average Bonchev–Trinajstić information content (AvgIpc) is 3.39. The highest BCUT2D eigenvalue weighted by molar-refractivity contribution is 7.10. The van der Waals surface area contributed by atoms with Crippen molar-refractivity contribution in [2.75, 3.05) is 13.1 Å². The fourth-order valence-corrected chi connectivity index (χ4v) is 3.72. The Balaban J connectivity index is 1.35. The number of rotatable bonds is 4. The van der Waals surface area contributed by atoms with E-state index in [4.69, 9.17) is 4.52 Å². The van der Waals surface area contributed by atoms with Crippen LogP contribution >= 0.6 is 11.3 Å². The van der Waals surface area contributed by atoms with Crippen LogP contribution in [0.2, 0.25) is 0 Å². The molecule has 26 heavy (non-hydrogen) atoms. The van der Waals surface area contributed by atoms with Gasteiger partial charge in [0.25, 0.3) is 0 Å². The molecule has 5 nitrogen and oxygen atoms in total. The first kappa shape index (κ1) is 16.7. The van der Waals surface area contributed by atoms with Crippen molar-refractivity contribution in [3.8, 4) is 11.4 Å². The van der Waals surface area contributed by atoms with Crippen molar-refractivity contribution < 1.29 is 9.32 Å². The van der Waals surface area contributed by atoms with Gasteiger partial charge < -0.3 is 9.42 Å². The van der Waals surface area contributed by atoms with E-state index in [0.717, 1.165) is 23.3 Å². The molecule has 1 saturated heterocycles. The summed E-state index contributed by atoms with van der Waals surface area (Å²) >= 11 is 1.62. The van der Waals surface area contributed by atoms with Crippen LogP contribution in [0.1, 0.15) is 29.5 Å². The number of aromatic nitrogens is 2. The van der Waals surface area contributed by atoms with E-state index in [2.05, 4.69) is 10.1 Å². The normalized spacial score (nSPS) is 15.6. The molecule has 1 fully saturated rings. The molecule has 3 aromatic rings. The average molecular weight is 365 g/mol. The van der Waals surface area contributed by atoms with Crippen LogP contribution in [0.3, 0.4) is 0 Å². The van der Waals surface area contributed by atoms with E-state index in [1.165, 1.54) is 0 Å². The van der Waals surface area contributed by atoms with E-state index >= 15 is 0 Å². The number of benzene rings is 1. The maximum atomic E-state index is 12.3. The molecule has 0 saturated carbocycles. The summed E-state index contributed by atoms with van der Waals surface area (Å²) in [6.45, 7) is 1.42. The standard InChI is InChI=1S/C20H19N3O2S/c24-18(9-8-17-7-4-14-26-17)23-12-10-16(11-13-23)20-21-19(22-25-20)15-5-2-1-3-6-15/h1-9,14,16H,10-13H2. The largest absolute Gasteiger partial charge is 0.339 e. The molecular formula is C20H19N3O2S. The lowest BCUT2D eigenvalue weighted by Gasteiger charge is -2.29. The van der Waals surface area contributed by atoms with E-state index < -0.39 is 0 Å². The summed E-state index contributed by atoms with van der Waals surface area (Å²) in [5.74, 6) is 1.57. The molecular weight excluding hydrogens is 346 g/mol. The second kappa shape index (κ2) is 7.66. The molecule has 0 spiro atoms. The minimum absolute atomic E-state index is 0.0624. The molecule has 0 atom stereocenters. The van der Waals surface area contributed by atoms with E-state index in [-0.39, 0.29) is 11.8 Å². The van der Waals surface area contributed by atoms with Gasteiger partial charge in [0, 0.05) is 35.5 Å². The van der Waals surface area contributed by atoms with E-state index in [0.29, 0.717) is 24.8 Å². The molecule has 0 radical (unpaired) electrons. The van der Waals surface area contributed by atoms with Crippen LogP contribution in [0.5, 0.6) is 0 Å². The number of hydrogen-bond donors (Lipinski definition) is 0. The number of amides is 1. The number of likely N-dealkylation sites (tertiary alicyclic amines) is 1. The van der Waals surface area contributed by atoms with Gasteiger partial charge in [-0.2, -0.15) is 4.98 Å². The highest BCUT2D eigenvalue weighted by Crippen LogP contribution is 2.28. The summed E-state index contributed by atoms with van der Waals surface area (Å²) in [4.78, 5) is 19.8. The molecule has 1 amide bonds. The van der Waals surface area contributed by atoms with Crippen molar-refractivity contribution in [3.63, 3.8) is 0 Å². The molecule has 1 aromatic carbocycles. The monoisotopic (exact) mass is 365 g/mol. The van der Waals surface area contributed by atoms with Gasteiger partial charge in [-0.1, -0.05) is 41.6 Å². The summed E-state index contributed by atoms with van der Waals surface area (Å²) < 4.78 is 5.47. The zero-order valence-corrected chi connectivity index (χ0v) is 15.1. The summed E-state index contributed by atoms with van der Waals surface area (Å²) in [6.07, 6.45) is 5.22. The second-order valence-electron chi connectivity index (χ2n) is 6.27. The van der Waals surface area contributed by atoms with Gasteiger partial charge in [-0.15, -0.1) is 11.3 Å². The lowest BCUT2D eigenvalue weighted by molar-refractivity contribution is -0.127. The Morgan fingerprint density at radius 2 is 1.96 bits per heavy atom. The zero-order valence-electron chi connectivity index (χ0n) is 14.2. The Kier molecular flexibility index (Phi) is 4.93. The predicted molar refractivity (Wildman–Crippen MR) is 102 cm³/mol. The molecule has 3 heterocycles. The Morgan fingerprint density at radius 1 is 1.15 bits per heavy atom. The van der Waals surface area contributed by atoms with Crippen molar-refractivity contribution in [3.05, 3.63) is 64.7 Å². The minimum atomic E-state index is 0.0624. The fraction of sp³-hybridized carbons (Fsp3) is 0.250. The Morgan fingerprint density at radius 3 is 2.69 bits per heavy atom. The molecule has 1 aliphatic rings. The molecule has 1 aliphatic heterocycles. The first-order chi connectivity index (χ1) is 12.8. The van der Waals surface area contributed by atoms with E-state index in [9.17, 15) is 4.79 Å². The van der Waals surface area contributed by atoms with E-state index in [1.54, 1.807) is 17.4 Å². The van der Waals surface area contributed by atoms with Crippen molar-refractivity contribution in [1.29, 1.82) is 0 Å². The molecule has 0 N–H and O–H groups in total. The molecule has 0 bridgehead atoms. The maximum Gasteiger partial charge on any atom is 0.246 e. The molecule has 132 valence electrons. The first-order valence-electron chi connectivity index (χ1n) is 8.69.